The summed E-state index contributed by atoms with van der Waals surface area (Å²) in [5.41, 5.74) is 2.31. The molecule has 19 heavy (non-hydrogen) atoms. The molecule has 2 heterocycles. The zero-order valence-corrected chi connectivity index (χ0v) is 12.1. The minimum atomic E-state index is -0.254. The lowest BCUT2D eigenvalue weighted by Crippen LogP contribution is -2.18. The average Bonchev–Trinajstić information content (AvgIpc) is 2.93. The van der Waals surface area contributed by atoms with Crippen LogP contribution in [-0.4, -0.2) is 6.61 Å². The van der Waals surface area contributed by atoms with Gasteiger partial charge in [-0.05, 0) is 36.8 Å². The smallest absolute Gasteiger partial charge is 0.126 e. The Hall–Kier alpha value is -1.41. The highest BCUT2D eigenvalue weighted by Crippen LogP contribution is 2.41. The van der Waals surface area contributed by atoms with E-state index in [1.807, 2.05) is 31.2 Å². The van der Waals surface area contributed by atoms with Crippen molar-refractivity contribution >= 4 is 11.6 Å². The highest BCUT2D eigenvalue weighted by atomic mass is 35.5. The van der Waals surface area contributed by atoms with Gasteiger partial charge < -0.3 is 9.15 Å². The summed E-state index contributed by atoms with van der Waals surface area (Å²) in [7, 11) is 0. The number of rotatable bonds is 2. The van der Waals surface area contributed by atoms with Gasteiger partial charge in [0.2, 0.25) is 0 Å². The molecule has 3 rings (SSSR count). The van der Waals surface area contributed by atoms with Crippen LogP contribution >= 0.6 is 11.6 Å². The van der Waals surface area contributed by atoms with Crippen molar-refractivity contribution in [2.75, 3.05) is 6.61 Å². The quantitative estimate of drug-likeness (QED) is 0.749. The topological polar surface area (TPSA) is 22.4 Å². The molecule has 0 saturated heterocycles. The van der Waals surface area contributed by atoms with Crippen molar-refractivity contribution in [3.05, 3.63) is 53.0 Å². The standard InChI is InChI=1S/C16H17ClO2/c1-10-4-6-14(19-10)15(17)11-5-7-13-12(8-11)16(2,3)9-18-13/h4-8,15H,9H2,1-3H3. The van der Waals surface area contributed by atoms with Crippen LogP contribution < -0.4 is 4.74 Å². The van der Waals surface area contributed by atoms with E-state index in [1.165, 1.54) is 5.56 Å². The molecule has 3 heteroatoms. The van der Waals surface area contributed by atoms with Gasteiger partial charge in [0.05, 0.1) is 6.61 Å². The summed E-state index contributed by atoms with van der Waals surface area (Å²) in [5.74, 6) is 2.63. The monoisotopic (exact) mass is 276 g/mol. The summed E-state index contributed by atoms with van der Waals surface area (Å²) >= 11 is 6.51. The number of ether oxygens (including phenoxy) is 1. The Kier molecular flexibility index (Phi) is 2.86. The maximum Gasteiger partial charge on any atom is 0.126 e. The van der Waals surface area contributed by atoms with E-state index >= 15 is 0 Å². The van der Waals surface area contributed by atoms with Crippen molar-refractivity contribution in [1.82, 2.24) is 0 Å². The molecule has 0 saturated carbocycles. The van der Waals surface area contributed by atoms with Crippen LogP contribution in [0, 0.1) is 6.92 Å². The van der Waals surface area contributed by atoms with Gasteiger partial charge in [0.25, 0.3) is 0 Å². The molecule has 0 amide bonds. The fourth-order valence-electron chi connectivity index (χ4n) is 2.45. The van der Waals surface area contributed by atoms with Gasteiger partial charge in [-0.25, -0.2) is 0 Å². The molecular formula is C16H17ClO2. The predicted octanol–water partition coefficient (Wildman–Crippen LogP) is 4.59. The molecule has 0 radical (unpaired) electrons. The minimum absolute atomic E-state index is 0.0427. The van der Waals surface area contributed by atoms with E-state index in [0.29, 0.717) is 0 Å². The largest absolute Gasteiger partial charge is 0.492 e. The van der Waals surface area contributed by atoms with E-state index in [9.17, 15) is 0 Å². The molecule has 2 aromatic rings. The molecule has 1 aliphatic rings. The zero-order valence-electron chi connectivity index (χ0n) is 11.4. The first-order valence-electron chi connectivity index (χ1n) is 6.45. The summed E-state index contributed by atoms with van der Waals surface area (Å²) in [6.07, 6.45) is 0. The number of furan rings is 1. The van der Waals surface area contributed by atoms with Crippen LogP contribution in [0.2, 0.25) is 0 Å². The molecule has 1 unspecified atom stereocenters. The highest BCUT2D eigenvalue weighted by molar-refractivity contribution is 6.22. The van der Waals surface area contributed by atoms with Gasteiger partial charge in [-0.3, -0.25) is 0 Å². The second-order valence-electron chi connectivity index (χ2n) is 5.74. The number of halogens is 1. The van der Waals surface area contributed by atoms with E-state index in [-0.39, 0.29) is 10.8 Å². The third-order valence-corrected chi connectivity index (χ3v) is 4.09. The molecular weight excluding hydrogens is 260 g/mol. The van der Waals surface area contributed by atoms with Crippen LogP contribution in [0.4, 0.5) is 0 Å². The molecule has 2 nitrogen and oxygen atoms in total. The molecule has 0 fully saturated rings. The second-order valence-corrected chi connectivity index (χ2v) is 6.18. The van der Waals surface area contributed by atoms with Crippen LogP contribution in [-0.2, 0) is 5.41 Å². The van der Waals surface area contributed by atoms with Gasteiger partial charge in [0.1, 0.15) is 22.6 Å². The van der Waals surface area contributed by atoms with Crippen LogP contribution in [0.1, 0.15) is 41.9 Å². The SMILES string of the molecule is Cc1ccc(C(Cl)c2ccc3c(c2)C(C)(C)CO3)o1. The average molecular weight is 277 g/mol. The molecule has 100 valence electrons. The highest BCUT2D eigenvalue weighted by Gasteiger charge is 2.32. The maximum absolute atomic E-state index is 6.51. The third-order valence-electron chi connectivity index (χ3n) is 3.62. The number of aryl methyl sites for hydroxylation is 1. The number of alkyl halides is 1. The molecule has 0 bridgehead atoms. The van der Waals surface area contributed by atoms with Gasteiger partial charge in [0, 0.05) is 11.0 Å². The van der Waals surface area contributed by atoms with E-state index < -0.39 is 0 Å². The van der Waals surface area contributed by atoms with Gasteiger partial charge in [-0.15, -0.1) is 11.6 Å². The Morgan fingerprint density at radius 1 is 1.21 bits per heavy atom. The lowest BCUT2D eigenvalue weighted by molar-refractivity contribution is 0.291. The summed E-state index contributed by atoms with van der Waals surface area (Å²) in [5, 5.41) is -0.254. The molecule has 0 N–H and O–H groups in total. The Morgan fingerprint density at radius 3 is 2.68 bits per heavy atom. The Labute approximate surface area is 118 Å². The second kappa shape index (κ2) is 4.31. The maximum atomic E-state index is 6.51. The molecule has 0 spiro atoms. The zero-order chi connectivity index (χ0) is 13.6. The van der Waals surface area contributed by atoms with Crippen LogP contribution in [0.25, 0.3) is 0 Å². The number of hydrogen-bond donors (Lipinski definition) is 0. The first kappa shape index (κ1) is 12.6. The Bertz CT molecular complexity index is 613. The normalized spacial score (nSPS) is 17.9. The first-order chi connectivity index (χ1) is 8.97. The Morgan fingerprint density at radius 2 is 2.00 bits per heavy atom. The summed E-state index contributed by atoms with van der Waals surface area (Å²) in [4.78, 5) is 0. The number of hydrogen-bond acceptors (Lipinski definition) is 2. The van der Waals surface area contributed by atoms with Gasteiger partial charge in [-0.2, -0.15) is 0 Å². The number of benzene rings is 1. The molecule has 1 aliphatic heterocycles. The number of fused-ring (bicyclic) bond motifs is 1. The van der Waals surface area contributed by atoms with Crippen molar-refractivity contribution in [3.8, 4) is 5.75 Å². The van der Waals surface area contributed by atoms with E-state index in [1.54, 1.807) is 0 Å². The van der Waals surface area contributed by atoms with Crippen molar-refractivity contribution in [2.45, 2.75) is 31.6 Å². The van der Waals surface area contributed by atoms with Crippen LogP contribution in [0.15, 0.2) is 34.7 Å². The van der Waals surface area contributed by atoms with E-state index in [0.717, 1.165) is 29.4 Å². The summed E-state index contributed by atoms with van der Waals surface area (Å²) in [6.45, 7) is 7.01. The molecule has 0 aliphatic carbocycles. The van der Waals surface area contributed by atoms with Crippen molar-refractivity contribution in [3.63, 3.8) is 0 Å². The summed E-state index contributed by atoms with van der Waals surface area (Å²) < 4.78 is 11.3. The van der Waals surface area contributed by atoms with Crippen LogP contribution in [0.5, 0.6) is 5.75 Å². The molecule has 1 aromatic carbocycles. The molecule has 1 atom stereocenters. The fourth-order valence-corrected chi connectivity index (χ4v) is 2.70. The first-order valence-corrected chi connectivity index (χ1v) is 6.89. The van der Waals surface area contributed by atoms with Crippen LogP contribution in [0.3, 0.4) is 0 Å². The van der Waals surface area contributed by atoms with E-state index in [2.05, 4.69) is 19.9 Å². The fraction of sp³-hybridized carbons (Fsp3) is 0.375. The Balaban J connectivity index is 1.99. The third kappa shape index (κ3) is 2.14. The lowest BCUT2D eigenvalue weighted by atomic mass is 9.86. The minimum Gasteiger partial charge on any atom is -0.492 e. The molecule has 1 aromatic heterocycles. The van der Waals surface area contributed by atoms with Gasteiger partial charge in [-0.1, -0.05) is 19.9 Å². The van der Waals surface area contributed by atoms with Gasteiger partial charge >= 0.3 is 0 Å². The van der Waals surface area contributed by atoms with Crippen molar-refractivity contribution < 1.29 is 9.15 Å². The summed E-state index contributed by atoms with van der Waals surface area (Å²) in [6, 6.07) is 10.0. The van der Waals surface area contributed by atoms with Crippen molar-refractivity contribution in [1.29, 1.82) is 0 Å². The van der Waals surface area contributed by atoms with E-state index in [4.69, 9.17) is 20.8 Å². The van der Waals surface area contributed by atoms with Gasteiger partial charge in [0.15, 0.2) is 0 Å². The van der Waals surface area contributed by atoms with Crippen molar-refractivity contribution in [2.24, 2.45) is 0 Å². The lowest BCUT2D eigenvalue weighted by Gasteiger charge is -2.16. The predicted molar refractivity (Wildman–Crippen MR) is 76.1 cm³/mol.